The number of hydrogen-bond acceptors (Lipinski definition) is 4. The third kappa shape index (κ3) is 1.90. The van der Waals surface area contributed by atoms with Gasteiger partial charge in [0, 0.05) is 5.39 Å². The Morgan fingerprint density at radius 2 is 2.26 bits per heavy atom. The molecule has 0 aliphatic rings. The van der Waals surface area contributed by atoms with E-state index in [1.54, 1.807) is 0 Å². The van der Waals surface area contributed by atoms with Crippen LogP contribution in [-0.2, 0) is 13.0 Å². The van der Waals surface area contributed by atoms with Gasteiger partial charge in [0.05, 0.1) is 5.52 Å². The average Bonchev–Trinajstić information content (AvgIpc) is 2.85. The fourth-order valence-electron chi connectivity index (χ4n) is 2.24. The molecule has 0 amide bonds. The molecule has 0 saturated heterocycles. The second-order valence-corrected chi connectivity index (χ2v) is 4.49. The second-order valence-electron chi connectivity index (χ2n) is 4.49. The van der Waals surface area contributed by atoms with Gasteiger partial charge in [0.2, 0.25) is 0 Å². The standard InChI is InChI=1S/C13H14N4O2/c1-2-3-8-4-5-10-9(6-8)12-15-11(7-18)16-17(12)13(19)14-10/h4-6,18H,2-3,7H2,1H3,(H,15,16). The Balaban J connectivity index is 2.37. The Morgan fingerprint density at radius 3 is 3.00 bits per heavy atom. The van der Waals surface area contributed by atoms with E-state index in [9.17, 15) is 4.79 Å². The number of H-pyrrole nitrogens is 1. The number of hydrogen-bond donors (Lipinski definition) is 2. The summed E-state index contributed by atoms with van der Waals surface area (Å²) in [6, 6.07) is 5.85. The minimum absolute atomic E-state index is 0.239. The van der Waals surface area contributed by atoms with Crippen molar-refractivity contribution in [1.29, 1.82) is 0 Å². The summed E-state index contributed by atoms with van der Waals surface area (Å²) in [7, 11) is 0. The molecule has 19 heavy (non-hydrogen) atoms. The number of fused-ring (bicyclic) bond motifs is 3. The second kappa shape index (κ2) is 4.47. The molecule has 3 rings (SSSR count). The molecule has 1 aromatic carbocycles. The highest BCUT2D eigenvalue weighted by Crippen LogP contribution is 2.18. The van der Waals surface area contributed by atoms with E-state index < -0.39 is 5.69 Å². The predicted molar refractivity (Wildman–Crippen MR) is 71.0 cm³/mol. The highest BCUT2D eigenvalue weighted by molar-refractivity contribution is 5.91. The number of nitrogens with zero attached hydrogens (tertiary/aromatic N) is 3. The maximum atomic E-state index is 11.8. The Labute approximate surface area is 108 Å². The Bertz CT molecular complexity index is 803. The third-order valence-electron chi connectivity index (χ3n) is 3.10. The van der Waals surface area contributed by atoms with Crippen LogP contribution < -0.4 is 5.69 Å². The Kier molecular flexibility index (Phi) is 2.79. The molecule has 3 aromatic rings. The first-order valence-corrected chi connectivity index (χ1v) is 6.24. The summed E-state index contributed by atoms with van der Waals surface area (Å²) in [5.41, 5.74) is 1.97. The number of rotatable bonds is 3. The Hall–Kier alpha value is -2.21. The fraction of sp³-hybridized carbons (Fsp3) is 0.308. The number of benzene rings is 1. The first kappa shape index (κ1) is 11.9. The van der Waals surface area contributed by atoms with Gasteiger partial charge in [0.25, 0.3) is 0 Å². The zero-order valence-corrected chi connectivity index (χ0v) is 10.6. The number of aliphatic hydroxyl groups excluding tert-OH is 1. The summed E-state index contributed by atoms with van der Waals surface area (Å²) in [4.78, 5) is 18.8. The van der Waals surface area contributed by atoms with Gasteiger partial charge in [-0.1, -0.05) is 19.4 Å². The summed E-state index contributed by atoms with van der Waals surface area (Å²) in [5, 5.41) is 13.9. The molecule has 0 saturated carbocycles. The van der Waals surface area contributed by atoms with E-state index in [1.807, 2.05) is 18.2 Å². The molecular weight excluding hydrogens is 244 g/mol. The molecule has 2 heterocycles. The van der Waals surface area contributed by atoms with Crippen LogP contribution in [0.15, 0.2) is 23.0 Å². The van der Waals surface area contributed by atoms with Crippen molar-refractivity contribution in [3.05, 3.63) is 40.1 Å². The number of aromatic amines is 1. The zero-order chi connectivity index (χ0) is 13.4. The quantitative estimate of drug-likeness (QED) is 0.734. The molecule has 6 heteroatoms. The molecule has 0 radical (unpaired) electrons. The lowest BCUT2D eigenvalue weighted by Gasteiger charge is -2.02. The first-order chi connectivity index (χ1) is 9.22. The van der Waals surface area contributed by atoms with Gasteiger partial charge in [-0.05, 0) is 24.1 Å². The number of aromatic nitrogens is 4. The summed E-state index contributed by atoms with van der Waals surface area (Å²) in [6.45, 7) is 1.88. The summed E-state index contributed by atoms with van der Waals surface area (Å²) in [5.74, 6) is 0.354. The highest BCUT2D eigenvalue weighted by Gasteiger charge is 2.10. The predicted octanol–water partition coefficient (Wildman–Crippen LogP) is 1.02. The minimum atomic E-state index is -0.443. The van der Waals surface area contributed by atoms with Crippen LogP contribution in [0, 0.1) is 0 Å². The van der Waals surface area contributed by atoms with Crippen LogP contribution in [0.1, 0.15) is 24.7 Å². The third-order valence-corrected chi connectivity index (χ3v) is 3.10. The van der Waals surface area contributed by atoms with Crippen molar-refractivity contribution < 1.29 is 5.11 Å². The van der Waals surface area contributed by atoms with Crippen LogP contribution in [-0.4, -0.2) is 24.7 Å². The van der Waals surface area contributed by atoms with Crippen LogP contribution >= 0.6 is 0 Å². The number of nitrogens with one attached hydrogen (secondary N) is 1. The molecule has 2 aromatic heterocycles. The molecule has 2 N–H and O–H groups in total. The van der Waals surface area contributed by atoms with E-state index in [4.69, 9.17) is 5.11 Å². The molecule has 98 valence electrons. The van der Waals surface area contributed by atoms with Crippen molar-refractivity contribution in [2.75, 3.05) is 0 Å². The monoisotopic (exact) mass is 258 g/mol. The van der Waals surface area contributed by atoms with Crippen LogP contribution in [0.4, 0.5) is 0 Å². The summed E-state index contributed by atoms with van der Waals surface area (Å²) >= 11 is 0. The smallest absolute Gasteiger partial charge is 0.370 e. The molecule has 0 atom stereocenters. The lowest BCUT2D eigenvalue weighted by Crippen LogP contribution is -2.17. The minimum Gasteiger partial charge on any atom is -0.388 e. The van der Waals surface area contributed by atoms with Gasteiger partial charge in [-0.15, -0.1) is 5.10 Å². The SMILES string of the molecule is CCCc1ccc2nc(=O)n3nc(CO)[nH]c3c2c1. The van der Waals surface area contributed by atoms with E-state index in [0.717, 1.165) is 18.2 Å². The molecule has 6 nitrogen and oxygen atoms in total. The molecule has 0 aliphatic carbocycles. The molecule has 0 aliphatic heterocycles. The van der Waals surface area contributed by atoms with Gasteiger partial charge in [0.15, 0.2) is 5.82 Å². The largest absolute Gasteiger partial charge is 0.388 e. The van der Waals surface area contributed by atoms with Gasteiger partial charge in [-0.25, -0.2) is 4.79 Å². The highest BCUT2D eigenvalue weighted by atomic mass is 16.3. The van der Waals surface area contributed by atoms with Crippen LogP contribution in [0.25, 0.3) is 16.6 Å². The van der Waals surface area contributed by atoms with Crippen molar-refractivity contribution in [3.63, 3.8) is 0 Å². The van der Waals surface area contributed by atoms with Crippen molar-refractivity contribution in [2.45, 2.75) is 26.4 Å². The normalized spacial score (nSPS) is 11.5. The van der Waals surface area contributed by atoms with Gasteiger partial charge in [-0.3, -0.25) is 0 Å². The van der Waals surface area contributed by atoms with Gasteiger partial charge >= 0.3 is 5.69 Å². The molecule has 0 spiro atoms. The lowest BCUT2D eigenvalue weighted by molar-refractivity contribution is 0.271. The zero-order valence-electron chi connectivity index (χ0n) is 10.6. The Morgan fingerprint density at radius 1 is 1.42 bits per heavy atom. The van der Waals surface area contributed by atoms with E-state index in [1.165, 1.54) is 10.1 Å². The van der Waals surface area contributed by atoms with Crippen LogP contribution in [0.3, 0.4) is 0 Å². The van der Waals surface area contributed by atoms with Crippen molar-refractivity contribution in [3.8, 4) is 0 Å². The fourth-order valence-corrected chi connectivity index (χ4v) is 2.24. The molecule has 0 unspecified atom stereocenters. The van der Waals surface area contributed by atoms with Crippen LogP contribution in [0.5, 0.6) is 0 Å². The van der Waals surface area contributed by atoms with E-state index in [2.05, 4.69) is 22.0 Å². The first-order valence-electron chi connectivity index (χ1n) is 6.24. The van der Waals surface area contributed by atoms with Crippen molar-refractivity contribution >= 4 is 16.6 Å². The van der Waals surface area contributed by atoms with Gasteiger partial charge in [-0.2, -0.15) is 9.50 Å². The maximum Gasteiger partial charge on any atom is 0.370 e. The molecule has 0 fully saturated rings. The number of aryl methyl sites for hydroxylation is 1. The van der Waals surface area contributed by atoms with Gasteiger partial charge < -0.3 is 10.1 Å². The van der Waals surface area contributed by atoms with E-state index in [0.29, 0.717) is 17.0 Å². The summed E-state index contributed by atoms with van der Waals surface area (Å²) < 4.78 is 1.20. The van der Waals surface area contributed by atoms with E-state index in [-0.39, 0.29) is 6.61 Å². The topological polar surface area (TPSA) is 83.3 Å². The van der Waals surface area contributed by atoms with Crippen molar-refractivity contribution in [2.24, 2.45) is 0 Å². The number of aliphatic hydroxyl groups is 1. The molecular formula is C13H14N4O2. The average molecular weight is 258 g/mol. The summed E-state index contributed by atoms with van der Waals surface area (Å²) in [6.07, 6.45) is 2.03. The molecule has 0 bridgehead atoms. The van der Waals surface area contributed by atoms with E-state index >= 15 is 0 Å². The van der Waals surface area contributed by atoms with Crippen molar-refractivity contribution in [1.82, 2.24) is 19.6 Å². The lowest BCUT2D eigenvalue weighted by atomic mass is 10.1. The maximum absolute atomic E-state index is 11.8. The van der Waals surface area contributed by atoms with Crippen LogP contribution in [0.2, 0.25) is 0 Å². The van der Waals surface area contributed by atoms with Gasteiger partial charge in [0.1, 0.15) is 12.3 Å².